The van der Waals surface area contributed by atoms with Crippen LogP contribution < -0.4 is 14.9 Å². The van der Waals surface area contributed by atoms with Crippen molar-refractivity contribution in [3.05, 3.63) is 71.8 Å². The molecule has 1 amide bonds. The minimum Gasteiger partial charge on any atom is -0.507 e. The molecule has 1 heterocycles. The number of hydrazone groups is 1. The second-order valence-corrected chi connectivity index (χ2v) is 6.85. The van der Waals surface area contributed by atoms with Crippen LogP contribution in [0.25, 0.3) is 22.4 Å². The predicted molar refractivity (Wildman–Crippen MR) is 122 cm³/mol. The number of phenols is 1. The highest BCUT2D eigenvalue weighted by Crippen LogP contribution is 2.30. The molecule has 0 atom stereocenters. The minimum absolute atomic E-state index is 0.128. The number of aromatic nitrogens is 2. The normalized spacial score (nSPS) is 11.1. The molecule has 0 unspecified atom stereocenters. The Hall–Kier alpha value is -4.33. The van der Waals surface area contributed by atoms with E-state index in [1.807, 2.05) is 25.1 Å². The van der Waals surface area contributed by atoms with Crippen molar-refractivity contribution in [1.82, 2.24) is 15.4 Å². The number of carbonyl (C=O) groups excluding carboxylic acids is 1. The predicted octanol–water partition coefficient (Wildman–Crippen LogP) is 4.11. The van der Waals surface area contributed by atoms with Crippen LogP contribution in [0.3, 0.4) is 0 Å². The van der Waals surface area contributed by atoms with Crippen LogP contribution in [-0.2, 0) is 0 Å². The molecule has 162 valence electrons. The summed E-state index contributed by atoms with van der Waals surface area (Å²) in [5, 5.41) is 14.1. The van der Waals surface area contributed by atoms with Gasteiger partial charge < -0.3 is 19.6 Å². The molecule has 4 rings (SSSR count). The van der Waals surface area contributed by atoms with Gasteiger partial charge in [-0.05, 0) is 49.4 Å². The third kappa shape index (κ3) is 4.24. The molecular weight excluding hydrogens is 408 g/mol. The Kier molecular flexibility index (Phi) is 6.03. The maximum Gasteiger partial charge on any atom is 0.271 e. The Morgan fingerprint density at radius 2 is 2.03 bits per heavy atom. The Morgan fingerprint density at radius 1 is 1.19 bits per heavy atom. The van der Waals surface area contributed by atoms with Gasteiger partial charge in [0, 0.05) is 11.1 Å². The molecule has 32 heavy (non-hydrogen) atoms. The third-order valence-corrected chi connectivity index (χ3v) is 4.79. The highest BCUT2D eigenvalue weighted by Gasteiger charge is 2.12. The van der Waals surface area contributed by atoms with Crippen LogP contribution >= 0.6 is 0 Å². The van der Waals surface area contributed by atoms with Crippen molar-refractivity contribution in [1.29, 1.82) is 0 Å². The third-order valence-electron chi connectivity index (χ3n) is 4.79. The van der Waals surface area contributed by atoms with Crippen molar-refractivity contribution >= 4 is 23.2 Å². The zero-order valence-electron chi connectivity index (χ0n) is 17.6. The zero-order valence-corrected chi connectivity index (χ0v) is 17.6. The quantitative estimate of drug-likeness (QED) is 0.302. The lowest BCUT2D eigenvalue weighted by Crippen LogP contribution is -2.17. The van der Waals surface area contributed by atoms with Gasteiger partial charge in [0.05, 0.1) is 36.5 Å². The standard InChI is InChI=1S/C24H22N4O4/c1-3-32-22-16(7-6-10-21(22)31-2)14-25-28-24(30)15-11-12-18-19(13-15)27-23(26-18)17-8-4-5-9-20(17)29/h4-14,29H,3H2,1-2H3,(H,26,27)(H,28,30)/b25-14+. The second-order valence-electron chi connectivity index (χ2n) is 6.85. The SMILES string of the molecule is CCOc1c(/C=N/NC(=O)c2ccc3nc(-c4ccccc4O)[nH]c3c2)cccc1OC. The minimum atomic E-state index is -0.372. The topological polar surface area (TPSA) is 109 Å². The molecule has 0 saturated heterocycles. The van der Waals surface area contributed by atoms with Crippen molar-refractivity contribution in [3.63, 3.8) is 0 Å². The maximum absolute atomic E-state index is 12.6. The van der Waals surface area contributed by atoms with Gasteiger partial charge in [-0.2, -0.15) is 5.10 Å². The van der Waals surface area contributed by atoms with E-state index < -0.39 is 0 Å². The summed E-state index contributed by atoms with van der Waals surface area (Å²) in [5.74, 6) is 1.43. The number of nitrogens with zero attached hydrogens (tertiary/aromatic N) is 2. The smallest absolute Gasteiger partial charge is 0.271 e. The lowest BCUT2D eigenvalue weighted by Gasteiger charge is -2.11. The fourth-order valence-corrected chi connectivity index (χ4v) is 3.27. The molecule has 0 radical (unpaired) electrons. The van der Waals surface area contributed by atoms with E-state index in [0.717, 1.165) is 0 Å². The average Bonchev–Trinajstić information content (AvgIpc) is 3.23. The summed E-state index contributed by atoms with van der Waals surface area (Å²) in [5.41, 5.74) is 5.56. The van der Waals surface area contributed by atoms with Gasteiger partial charge in [0.1, 0.15) is 11.6 Å². The second kappa shape index (κ2) is 9.22. The Balaban J connectivity index is 1.53. The van der Waals surface area contributed by atoms with E-state index in [4.69, 9.17) is 9.47 Å². The lowest BCUT2D eigenvalue weighted by atomic mass is 10.2. The molecule has 1 aromatic heterocycles. The van der Waals surface area contributed by atoms with Crippen molar-refractivity contribution < 1.29 is 19.4 Å². The fourth-order valence-electron chi connectivity index (χ4n) is 3.27. The van der Waals surface area contributed by atoms with Crippen LogP contribution in [0.15, 0.2) is 65.8 Å². The number of aromatic amines is 1. The van der Waals surface area contributed by atoms with Gasteiger partial charge >= 0.3 is 0 Å². The zero-order chi connectivity index (χ0) is 22.5. The molecule has 0 spiro atoms. The summed E-state index contributed by atoms with van der Waals surface area (Å²) in [6, 6.07) is 17.5. The highest BCUT2D eigenvalue weighted by atomic mass is 16.5. The molecular formula is C24H22N4O4. The van der Waals surface area contributed by atoms with Crippen LogP contribution in [0.1, 0.15) is 22.8 Å². The van der Waals surface area contributed by atoms with Gasteiger partial charge in [-0.25, -0.2) is 10.4 Å². The monoisotopic (exact) mass is 430 g/mol. The largest absolute Gasteiger partial charge is 0.507 e. The van der Waals surface area contributed by atoms with Crippen LogP contribution in [0.2, 0.25) is 0 Å². The fraction of sp³-hybridized carbons (Fsp3) is 0.125. The van der Waals surface area contributed by atoms with Gasteiger partial charge in [0.25, 0.3) is 5.91 Å². The van der Waals surface area contributed by atoms with Gasteiger partial charge in [0.2, 0.25) is 0 Å². The first-order valence-corrected chi connectivity index (χ1v) is 10.0. The van der Waals surface area contributed by atoms with E-state index >= 15 is 0 Å². The first kappa shape index (κ1) is 20.9. The van der Waals surface area contributed by atoms with Crippen molar-refractivity contribution in [2.75, 3.05) is 13.7 Å². The number of benzene rings is 3. The number of carbonyl (C=O) groups is 1. The number of imidazole rings is 1. The molecule has 8 heteroatoms. The van der Waals surface area contributed by atoms with E-state index in [9.17, 15) is 9.90 Å². The Morgan fingerprint density at radius 3 is 2.81 bits per heavy atom. The van der Waals surface area contributed by atoms with E-state index in [1.54, 1.807) is 49.6 Å². The Bertz CT molecular complexity index is 1300. The number of rotatable bonds is 7. The molecule has 3 aromatic carbocycles. The van der Waals surface area contributed by atoms with Crippen molar-refractivity contribution in [2.45, 2.75) is 6.92 Å². The average molecular weight is 430 g/mol. The van der Waals surface area contributed by atoms with E-state index in [2.05, 4.69) is 20.5 Å². The molecule has 0 fully saturated rings. The van der Waals surface area contributed by atoms with E-state index in [1.165, 1.54) is 6.21 Å². The van der Waals surface area contributed by atoms with Crippen LogP contribution in [0.5, 0.6) is 17.2 Å². The number of H-pyrrole nitrogens is 1. The summed E-state index contributed by atoms with van der Waals surface area (Å²) >= 11 is 0. The number of hydrogen-bond acceptors (Lipinski definition) is 6. The number of aromatic hydroxyl groups is 1. The number of phenolic OH excluding ortho intramolecular Hbond substituents is 1. The molecule has 0 aliphatic carbocycles. The maximum atomic E-state index is 12.6. The number of para-hydroxylation sites is 2. The molecule has 3 N–H and O–H groups in total. The molecule has 8 nitrogen and oxygen atoms in total. The van der Waals surface area contributed by atoms with Gasteiger partial charge in [0.15, 0.2) is 11.5 Å². The van der Waals surface area contributed by atoms with E-state index in [-0.39, 0.29) is 11.7 Å². The van der Waals surface area contributed by atoms with Gasteiger partial charge in [-0.3, -0.25) is 4.79 Å². The summed E-state index contributed by atoms with van der Waals surface area (Å²) in [7, 11) is 1.57. The molecule has 0 bridgehead atoms. The number of nitrogens with one attached hydrogen (secondary N) is 2. The molecule has 0 aliphatic heterocycles. The molecule has 0 aliphatic rings. The summed E-state index contributed by atoms with van der Waals surface area (Å²) in [6.45, 7) is 2.35. The van der Waals surface area contributed by atoms with Crippen LogP contribution in [0, 0.1) is 0 Å². The van der Waals surface area contributed by atoms with Gasteiger partial charge in [-0.15, -0.1) is 0 Å². The van der Waals surface area contributed by atoms with E-state index in [0.29, 0.717) is 51.7 Å². The summed E-state index contributed by atoms with van der Waals surface area (Å²) in [6.07, 6.45) is 1.51. The first-order chi connectivity index (χ1) is 15.6. The number of methoxy groups -OCH3 is 1. The lowest BCUT2D eigenvalue weighted by molar-refractivity contribution is 0.0955. The van der Waals surface area contributed by atoms with Gasteiger partial charge in [-0.1, -0.05) is 18.2 Å². The summed E-state index contributed by atoms with van der Waals surface area (Å²) < 4.78 is 11.0. The molecule has 4 aromatic rings. The van der Waals surface area contributed by atoms with Crippen LogP contribution in [-0.4, -0.2) is 40.9 Å². The van der Waals surface area contributed by atoms with Crippen molar-refractivity contribution in [2.24, 2.45) is 5.10 Å². The first-order valence-electron chi connectivity index (χ1n) is 10.0. The summed E-state index contributed by atoms with van der Waals surface area (Å²) in [4.78, 5) is 20.2. The van der Waals surface area contributed by atoms with Crippen molar-refractivity contribution in [3.8, 4) is 28.6 Å². The number of fused-ring (bicyclic) bond motifs is 1. The number of ether oxygens (including phenoxy) is 2. The Labute approximate surface area is 184 Å². The highest BCUT2D eigenvalue weighted by molar-refractivity contribution is 5.98. The number of hydrogen-bond donors (Lipinski definition) is 3. The number of amides is 1. The van der Waals surface area contributed by atoms with Crippen LogP contribution in [0.4, 0.5) is 0 Å². The molecule has 0 saturated carbocycles.